The smallest absolute Gasteiger partial charge is 0.153 e. The van der Waals surface area contributed by atoms with Gasteiger partial charge in [0.05, 0.1) is 24.5 Å². The predicted molar refractivity (Wildman–Crippen MR) is 134 cm³/mol. The molecule has 0 aliphatic carbocycles. The second kappa shape index (κ2) is 7.58. The van der Waals surface area contributed by atoms with Crippen molar-refractivity contribution in [1.29, 1.82) is 0 Å². The molecule has 0 fully saturated rings. The minimum Gasteiger partial charge on any atom is -0.454 e. The maximum atomic E-state index is 6.34. The number of aromatic amines is 2. The molecule has 2 atom stereocenters. The molecule has 1 unspecified atom stereocenters. The highest BCUT2D eigenvalue weighted by Crippen LogP contribution is 2.36. The van der Waals surface area contributed by atoms with Crippen LogP contribution in [0.5, 0.6) is 0 Å². The molecule has 1 aromatic carbocycles. The largest absolute Gasteiger partial charge is 0.454 e. The van der Waals surface area contributed by atoms with Crippen LogP contribution < -0.4 is 11.5 Å². The lowest BCUT2D eigenvalue weighted by molar-refractivity contribution is 0.316. The second-order valence-electron chi connectivity index (χ2n) is 11.2. The summed E-state index contributed by atoms with van der Waals surface area (Å²) in [5, 5.41) is 1.89. The van der Waals surface area contributed by atoms with E-state index >= 15 is 0 Å². The van der Waals surface area contributed by atoms with Crippen LogP contribution in [-0.4, -0.2) is 19.9 Å². The number of rotatable bonds is 4. The van der Waals surface area contributed by atoms with Gasteiger partial charge in [-0.05, 0) is 35.1 Å². The summed E-state index contributed by atoms with van der Waals surface area (Å²) in [6.45, 7) is 12.5. The van der Waals surface area contributed by atoms with Gasteiger partial charge in [0.15, 0.2) is 11.5 Å². The van der Waals surface area contributed by atoms with Crippen molar-refractivity contribution >= 4 is 21.9 Å². The summed E-state index contributed by atoms with van der Waals surface area (Å²) < 4.78 is 12.3. The Morgan fingerprint density at radius 2 is 1.06 bits per heavy atom. The lowest BCUT2D eigenvalue weighted by Crippen LogP contribution is -2.27. The van der Waals surface area contributed by atoms with Gasteiger partial charge in [-0.3, -0.25) is 0 Å². The third-order valence-corrected chi connectivity index (χ3v) is 6.33. The molecule has 8 heteroatoms. The van der Waals surface area contributed by atoms with Gasteiger partial charge in [0.2, 0.25) is 0 Å². The van der Waals surface area contributed by atoms with Crippen LogP contribution in [0.15, 0.2) is 45.5 Å². The molecule has 0 amide bonds. The van der Waals surface area contributed by atoms with E-state index in [2.05, 4.69) is 61.5 Å². The minimum absolute atomic E-state index is 0.0988. The van der Waals surface area contributed by atoms with Gasteiger partial charge in [-0.15, -0.1) is 0 Å². The molecule has 8 nitrogen and oxygen atoms in total. The van der Waals surface area contributed by atoms with E-state index in [-0.39, 0.29) is 22.9 Å². The Morgan fingerprint density at radius 3 is 1.41 bits per heavy atom. The van der Waals surface area contributed by atoms with Crippen LogP contribution in [-0.2, 0) is 0 Å². The van der Waals surface area contributed by atoms with Crippen molar-refractivity contribution in [2.75, 3.05) is 0 Å². The number of fused-ring (bicyclic) bond motifs is 2. The van der Waals surface area contributed by atoms with E-state index in [9.17, 15) is 0 Å². The number of nitrogens with two attached hydrogens (primary N) is 2. The summed E-state index contributed by atoms with van der Waals surface area (Å²) in [7, 11) is 0. The maximum Gasteiger partial charge on any atom is 0.153 e. The van der Waals surface area contributed by atoms with E-state index in [0.29, 0.717) is 11.5 Å². The van der Waals surface area contributed by atoms with E-state index in [1.165, 1.54) is 0 Å². The van der Waals surface area contributed by atoms with Crippen LogP contribution in [0.3, 0.4) is 0 Å². The van der Waals surface area contributed by atoms with Crippen molar-refractivity contribution in [3.05, 3.63) is 48.3 Å². The highest BCUT2D eigenvalue weighted by molar-refractivity contribution is 5.96. The van der Waals surface area contributed by atoms with E-state index in [1.54, 1.807) is 12.4 Å². The first-order chi connectivity index (χ1) is 15.9. The van der Waals surface area contributed by atoms with Gasteiger partial charge in [-0.25, -0.2) is 9.97 Å². The fraction of sp³-hybridized carbons (Fsp3) is 0.385. The lowest BCUT2D eigenvalue weighted by Gasteiger charge is -2.24. The highest BCUT2D eigenvalue weighted by Gasteiger charge is 2.26. The van der Waals surface area contributed by atoms with Crippen molar-refractivity contribution in [1.82, 2.24) is 19.9 Å². The molecule has 0 radical (unpaired) electrons. The van der Waals surface area contributed by atoms with Crippen molar-refractivity contribution in [3.63, 3.8) is 0 Å². The average molecular weight is 461 g/mol. The molecule has 4 aromatic heterocycles. The number of hydrogen-bond acceptors (Lipinski definition) is 6. The first kappa shape index (κ1) is 22.4. The summed E-state index contributed by atoms with van der Waals surface area (Å²) in [6, 6.07) is 7.52. The second-order valence-corrected chi connectivity index (χ2v) is 11.2. The zero-order valence-corrected chi connectivity index (χ0v) is 20.5. The van der Waals surface area contributed by atoms with E-state index in [0.717, 1.165) is 45.0 Å². The Morgan fingerprint density at radius 1 is 0.676 bits per heavy atom. The van der Waals surface area contributed by atoms with Gasteiger partial charge in [0.1, 0.15) is 34.2 Å². The van der Waals surface area contributed by atoms with Crippen LogP contribution >= 0.6 is 0 Å². The summed E-state index contributed by atoms with van der Waals surface area (Å²) in [5.41, 5.74) is 15.6. The summed E-state index contributed by atoms with van der Waals surface area (Å²) >= 11 is 0. The topological polar surface area (TPSA) is 136 Å². The normalized spacial score (nSPS) is 14.8. The molecule has 0 saturated carbocycles. The Balaban J connectivity index is 1.45. The molecule has 0 saturated heterocycles. The van der Waals surface area contributed by atoms with Crippen molar-refractivity contribution < 1.29 is 8.83 Å². The predicted octanol–water partition coefficient (Wildman–Crippen LogP) is 6.05. The molecule has 0 aliphatic rings. The minimum atomic E-state index is -0.202. The SMILES string of the molecule is CC(C)(C)C(N)c1ncc(-c2cc3cc4oc(-c5cnc([C@@H](N)C(C)(C)C)[nH]5)cc4cc3o2)[nH]1. The molecule has 0 bridgehead atoms. The average Bonchev–Trinajstić information content (AvgIpc) is 3.53. The maximum absolute atomic E-state index is 6.34. The summed E-state index contributed by atoms with van der Waals surface area (Å²) in [4.78, 5) is 15.6. The van der Waals surface area contributed by atoms with Gasteiger partial charge in [0, 0.05) is 10.8 Å². The highest BCUT2D eigenvalue weighted by atomic mass is 16.3. The molecule has 0 spiro atoms. The quantitative estimate of drug-likeness (QED) is 0.258. The number of benzene rings is 1. The van der Waals surface area contributed by atoms with Crippen molar-refractivity contribution in [2.45, 2.75) is 53.6 Å². The number of H-pyrrole nitrogens is 2. The molecule has 5 aromatic rings. The fourth-order valence-corrected chi connectivity index (χ4v) is 3.90. The molecule has 34 heavy (non-hydrogen) atoms. The molecular weight excluding hydrogens is 428 g/mol. The van der Waals surface area contributed by atoms with Crippen LogP contribution in [0, 0.1) is 10.8 Å². The molecular formula is C26H32N6O2. The van der Waals surface area contributed by atoms with E-state index in [1.807, 2.05) is 24.3 Å². The Labute approximate surface area is 198 Å². The van der Waals surface area contributed by atoms with Gasteiger partial charge in [0.25, 0.3) is 0 Å². The first-order valence-corrected chi connectivity index (χ1v) is 11.5. The molecule has 0 aliphatic heterocycles. The summed E-state index contributed by atoms with van der Waals surface area (Å²) in [6.07, 6.45) is 3.53. The van der Waals surface area contributed by atoms with Gasteiger partial charge >= 0.3 is 0 Å². The Bertz CT molecular complexity index is 1310. The van der Waals surface area contributed by atoms with Crippen molar-refractivity contribution in [3.8, 4) is 22.9 Å². The van der Waals surface area contributed by atoms with Gasteiger partial charge < -0.3 is 30.3 Å². The van der Waals surface area contributed by atoms with Gasteiger partial charge in [-0.2, -0.15) is 0 Å². The molecule has 4 heterocycles. The fourth-order valence-electron chi connectivity index (χ4n) is 3.90. The number of nitrogens with one attached hydrogen (secondary N) is 2. The van der Waals surface area contributed by atoms with E-state index in [4.69, 9.17) is 20.3 Å². The molecule has 5 rings (SSSR count). The zero-order valence-electron chi connectivity index (χ0n) is 20.5. The number of imidazole rings is 2. The Kier molecular flexibility index (Phi) is 5.00. The summed E-state index contributed by atoms with van der Waals surface area (Å²) in [5.74, 6) is 2.90. The third kappa shape index (κ3) is 3.93. The lowest BCUT2D eigenvalue weighted by atomic mass is 9.87. The van der Waals surface area contributed by atoms with Crippen LogP contribution in [0.4, 0.5) is 0 Å². The van der Waals surface area contributed by atoms with E-state index < -0.39 is 0 Å². The van der Waals surface area contributed by atoms with Gasteiger partial charge in [-0.1, -0.05) is 41.5 Å². The first-order valence-electron chi connectivity index (χ1n) is 11.5. The monoisotopic (exact) mass is 460 g/mol. The molecule has 178 valence electrons. The number of hydrogen-bond donors (Lipinski definition) is 4. The standard InChI is InChI=1S/C26H32N6O2/c1-25(2,3)21(27)23-29-11-15(31-23)19-9-13-7-18-14(8-17(13)33-19)10-20(34-18)16-12-30-24(32-16)22(28)26(4,5)6/h7-12,21-22H,27-28H2,1-6H3,(H,29,31)(H,30,32)/t21-,22?/m1/s1. The van der Waals surface area contributed by atoms with Crippen LogP contribution in [0.25, 0.3) is 44.8 Å². The number of aromatic nitrogens is 4. The molecule has 6 N–H and O–H groups in total. The van der Waals surface area contributed by atoms with Crippen LogP contribution in [0.1, 0.15) is 65.3 Å². The third-order valence-electron chi connectivity index (χ3n) is 6.33. The van der Waals surface area contributed by atoms with Crippen LogP contribution in [0.2, 0.25) is 0 Å². The number of furan rings is 2. The Hall–Kier alpha value is -3.36. The zero-order chi connectivity index (χ0) is 24.4. The van der Waals surface area contributed by atoms with Crippen molar-refractivity contribution in [2.24, 2.45) is 22.3 Å². The number of nitrogens with zero attached hydrogens (tertiary/aromatic N) is 2.